The van der Waals surface area contributed by atoms with Crippen LogP contribution in [0.3, 0.4) is 0 Å². The van der Waals surface area contributed by atoms with E-state index in [-0.39, 0.29) is 11.9 Å². The van der Waals surface area contributed by atoms with Gasteiger partial charge in [0.1, 0.15) is 0 Å². The lowest BCUT2D eigenvalue weighted by molar-refractivity contribution is -0.137. The van der Waals surface area contributed by atoms with Gasteiger partial charge in [-0.25, -0.2) is 4.98 Å². The Hall–Kier alpha value is -3.18. The van der Waals surface area contributed by atoms with Crippen LogP contribution >= 0.6 is 0 Å². The highest BCUT2D eigenvalue weighted by atomic mass is 16.5. The van der Waals surface area contributed by atoms with Crippen LogP contribution in [0, 0.1) is 5.92 Å². The maximum atomic E-state index is 12.1. The number of piperazine rings is 1. The molecule has 1 saturated heterocycles. The second kappa shape index (κ2) is 8.75. The molecule has 2 heterocycles. The van der Waals surface area contributed by atoms with Gasteiger partial charge in [-0.15, -0.1) is 0 Å². The van der Waals surface area contributed by atoms with E-state index in [2.05, 4.69) is 57.2 Å². The lowest BCUT2D eigenvalue weighted by Crippen LogP contribution is -2.46. The molecule has 2 aliphatic rings. The molecule has 0 N–H and O–H groups in total. The van der Waals surface area contributed by atoms with E-state index in [1.54, 1.807) is 6.20 Å². The van der Waals surface area contributed by atoms with Crippen molar-refractivity contribution in [1.29, 1.82) is 0 Å². The summed E-state index contributed by atoms with van der Waals surface area (Å²) in [6.07, 6.45) is 2.79. The first-order valence-electron chi connectivity index (χ1n) is 11.4. The van der Waals surface area contributed by atoms with Crippen LogP contribution in [0.4, 0.5) is 5.82 Å². The van der Waals surface area contributed by atoms with Crippen LogP contribution < -0.4 is 9.64 Å². The predicted octanol–water partition coefficient (Wildman–Crippen LogP) is 4.54. The minimum atomic E-state index is -0.225. The Morgan fingerprint density at radius 2 is 1.75 bits per heavy atom. The molecule has 5 nitrogen and oxygen atoms in total. The molecule has 164 valence electrons. The summed E-state index contributed by atoms with van der Waals surface area (Å²) in [4.78, 5) is 21.3. The van der Waals surface area contributed by atoms with Gasteiger partial charge >= 0.3 is 5.97 Å². The van der Waals surface area contributed by atoms with Crippen molar-refractivity contribution < 1.29 is 9.53 Å². The lowest BCUT2D eigenvalue weighted by atomic mass is 10.0. The number of nitrogens with zero attached hydrogens (tertiary/aromatic N) is 3. The molecule has 0 spiro atoms. The maximum absolute atomic E-state index is 12.1. The van der Waals surface area contributed by atoms with Crippen molar-refractivity contribution in [1.82, 2.24) is 9.88 Å². The molecule has 0 radical (unpaired) electrons. The topological polar surface area (TPSA) is 45.7 Å². The Labute approximate surface area is 189 Å². The zero-order chi connectivity index (χ0) is 22.1. The SMILES string of the molecule is CC(C)C(=O)Oc1cccnc1N1CCN(Cc2ccc3c(c2)Cc2ccccc2-3)CC1. The smallest absolute Gasteiger partial charge is 0.313 e. The Balaban J connectivity index is 1.22. The summed E-state index contributed by atoms with van der Waals surface area (Å²) in [6, 6.07) is 19.3. The maximum Gasteiger partial charge on any atom is 0.313 e. The largest absolute Gasteiger partial charge is 0.422 e. The highest BCUT2D eigenvalue weighted by Crippen LogP contribution is 2.37. The van der Waals surface area contributed by atoms with Gasteiger partial charge in [0.2, 0.25) is 0 Å². The van der Waals surface area contributed by atoms with Gasteiger partial charge < -0.3 is 9.64 Å². The second-order valence-electron chi connectivity index (χ2n) is 8.99. The third kappa shape index (κ3) is 4.13. The standard InChI is InChI=1S/C27H29N3O2/c1-19(2)27(31)32-25-8-5-11-28-26(25)30-14-12-29(13-15-30)18-20-9-10-24-22(16-20)17-21-6-3-4-7-23(21)24/h3-11,16,19H,12-15,17-18H2,1-2H3. The van der Waals surface area contributed by atoms with Gasteiger partial charge in [-0.1, -0.05) is 56.3 Å². The van der Waals surface area contributed by atoms with Crippen molar-refractivity contribution in [2.45, 2.75) is 26.8 Å². The summed E-state index contributed by atoms with van der Waals surface area (Å²) in [5.74, 6) is 0.922. The van der Waals surface area contributed by atoms with Gasteiger partial charge in [0, 0.05) is 38.9 Å². The van der Waals surface area contributed by atoms with E-state index in [4.69, 9.17) is 4.74 Å². The van der Waals surface area contributed by atoms with Crippen LogP contribution in [0.1, 0.15) is 30.5 Å². The van der Waals surface area contributed by atoms with Crippen LogP contribution in [0.2, 0.25) is 0 Å². The third-order valence-electron chi connectivity index (χ3n) is 6.37. The summed E-state index contributed by atoms with van der Waals surface area (Å²) in [7, 11) is 0. The molecule has 1 fully saturated rings. The average molecular weight is 428 g/mol. The fourth-order valence-corrected chi connectivity index (χ4v) is 4.60. The number of anilines is 1. The lowest BCUT2D eigenvalue weighted by Gasteiger charge is -2.36. The van der Waals surface area contributed by atoms with Gasteiger partial charge in [-0.2, -0.15) is 0 Å². The molecule has 0 atom stereocenters. The van der Waals surface area contributed by atoms with Crippen molar-refractivity contribution in [2.75, 3.05) is 31.1 Å². The molecule has 0 amide bonds. The minimum Gasteiger partial charge on any atom is -0.422 e. The van der Waals surface area contributed by atoms with Crippen LogP contribution in [-0.4, -0.2) is 42.0 Å². The molecule has 0 saturated carbocycles. The van der Waals surface area contributed by atoms with E-state index in [0.29, 0.717) is 5.75 Å². The highest BCUT2D eigenvalue weighted by molar-refractivity contribution is 5.77. The minimum absolute atomic E-state index is 0.167. The molecule has 1 aliphatic carbocycles. The van der Waals surface area contributed by atoms with Crippen molar-refractivity contribution in [3.63, 3.8) is 0 Å². The second-order valence-corrected chi connectivity index (χ2v) is 8.99. The number of carbonyl (C=O) groups excluding carboxylic acids is 1. The quantitative estimate of drug-likeness (QED) is 0.438. The summed E-state index contributed by atoms with van der Waals surface area (Å²) >= 11 is 0. The molecule has 1 aliphatic heterocycles. The Kier molecular flexibility index (Phi) is 5.66. The van der Waals surface area contributed by atoms with Crippen LogP contribution in [0.25, 0.3) is 11.1 Å². The fourth-order valence-electron chi connectivity index (χ4n) is 4.60. The summed E-state index contributed by atoms with van der Waals surface area (Å²) in [5.41, 5.74) is 7.00. The number of benzene rings is 2. The van der Waals surface area contributed by atoms with Crippen LogP contribution in [-0.2, 0) is 17.8 Å². The average Bonchev–Trinajstić information content (AvgIpc) is 3.18. The normalized spacial score (nSPS) is 15.5. The number of carbonyl (C=O) groups is 1. The molecule has 5 heteroatoms. The summed E-state index contributed by atoms with van der Waals surface area (Å²) < 4.78 is 5.60. The number of esters is 1. The van der Waals surface area contributed by atoms with E-state index in [1.807, 2.05) is 26.0 Å². The number of aromatic nitrogens is 1. The highest BCUT2D eigenvalue weighted by Gasteiger charge is 2.23. The summed E-state index contributed by atoms with van der Waals surface area (Å²) in [5, 5.41) is 0. The van der Waals surface area contributed by atoms with Crippen molar-refractivity contribution in [3.05, 3.63) is 77.5 Å². The number of pyridine rings is 1. The molecular formula is C27H29N3O2. The molecule has 0 bridgehead atoms. The molecule has 32 heavy (non-hydrogen) atoms. The first-order chi connectivity index (χ1) is 15.6. The van der Waals surface area contributed by atoms with E-state index in [0.717, 1.165) is 45.0 Å². The number of rotatable bonds is 5. The Morgan fingerprint density at radius 3 is 2.56 bits per heavy atom. The van der Waals surface area contributed by atoms with E-state index >= 15 is 0 Å². The first kappa shape index (κ1) is 20.7. The zero-order valence-corrected chi connectivity index (χ0v) is 18.8. The van der Waals surface area contributed by atoms with Gasteiger partial charge in [-0.05, 0) is 46.4 Å². The Morgan fingerprint density at radius 1 is 0.969 bits per heavy atom. The predicted molar refractivity (Wildman–Crippen MR) is 127 cm³/mol. The molecule has 3 aromatic rings. The monoisotopic (exact) mass is 427 g/mol. The molecule has 2 aromatic carbocycles. The first-order valence-corrected chi connectivity index (χ1v) is 11.4. The molecule has 5 rings (SSSR count). The van der Waals surface area contributed by atoms with Crippen molar-refractivity contribution in [3.8, 4) is 16.9 Å². The zero-order valence-electron chi connectivity index (χ0n) is 18.8. The third-order valence-corrected chi connectivity index (χ3v) is 6.37. The van der Waals surface area contributed by atoms with E-state index in [9.17, 15) is 4.79 Å². The summed E-state index contributed by atoms with van der Waals surface area (Å²) in [6.45, 7) is 8.26. The molecule has 0 unspecified atom stereocenters. The number of hydrogen-bond acceptors (Lipinski definition) is 5. The van der Waals surface area contributed by atoms with E-state index < -0.39 is 0 Å². The molecular weight excluding hydrogens is 398 g/mol. The van der Waals surface area contributed by atoms with Gasteiger partial charge in [0.05, 0.1) is 5.92 Å². The number of ether oxygens (including phenoxy) is 1. The Bertz CT molecular complexity index is 1130. The van der Waals surface area contributed by atoms with Crippen LogP contribution in [0.5, 0.6) is 5.75 Å². The fraction of sp³-hybridized carbons (Fsp3) is 0.333. The van der Waals surface area contributed by atoms with E-state index in [1.165, 1.54) is 27.8 Å². The van der Waals surface area contributed by atoms with Crippen molar-refractivity contribution in [2.24, 2.45) is 5.92 Å². The molecule has 1 aromatic heterocycles. The number of hydrogen-bond donors (Lipinski definition) is 0. The van der Waals surface area contributed by atoms with Crippen LogP contribution in [0.15, 0.2) is 60.8 Å². The van der Waals surface area contributed by atoms with Gasteiger partial charge in [0.15, 0.2) is 11.6 Å². The van der Waals surface area contributed by atoms with Crippen molar-refractivity contribution >= 4 is 11.8 Å². The van der Waals surface area contributed by atoms with Gasteiger partial charge in [-0.3, -0.25) is 9.69 Å². The van der Waals surface area contributed by atoms with Gasteiger partial charge in [0.25, 0.3) is 0 Å². The number of fused-ring (bicyclic) bond motifs is 3.